The number of carbonyl (C=O) groups excluding carboxylic acids is 2. The highest BCUT2D eigenvalue weighted by Crippen LogP contribution is 2.32. The SMILES string of the molecule is Cc1ccc(-c2nc(C)c([C@H](C)NC(=O)[C@@H]3CCC(=O)N3)s2)cc1. The van der Waals surface area contributed by atoms with E-state index < -0.39 is 6.04 Å². The fourth-order valence-corrected chi connectivity index (χ4v) is 3.89. The molecule has 1 saturated heterocycles. The van der Waals surface area contributed by atoms with Crippen molar-refractivity contribution in [1.29, 1.82) is 0 Å². The molecule has 0 saturated carbocycles. The number of nitrogens with one attached hydrogen (secondary N) is 2. The first kappa shape index (κ1) is 16.6. The predicted molar refractivity (Wildman–Crippen MR) is 94.7 cm³/mol. The maximum absolute atomic E-state index is 12.3. The van der Waals surface area contributed by atoms with Gasteiger partial charge in [-0.3, -0.25) is 9.59 Å². The highest BCUT2D eigenvalue weighted by Gasteiger charge is 2.28. The van der Waals surface area contributed by atoms with E-state index in [2.05, 4.69) is 46.8 Å². The van der Waals surface area contributed by atoms with E-state index in [1.807, 2.05) is 13.8 Å². The number of hydrogen-bond acceptors (Lipinski definition) is 4. The summed E-state index contributed by atoms with van der Waals surface area (Å²) in [6, 6.07) is 7.72. The summed E-state index contributed by atoms with van der Waals surface area (Å²) in [6.45, 7) is 5.97. The summed E-state index contributed by atoms with van der Waals surface area (Å²) < 4.78 is 0. The number of nitrogens with zero attached hydrogens (tertiary/aromatic N) is 1. The van der Waals surface area contributed by atoms with Gasteiger partial charge in [0.1, 0.15) is 11.0 Å². The number of thiazole rings is 1. The molecule has 0 aliphatic carbocycles. The van der Waals surface area contributed by atoms with Crippen LogP contribution in [0.4, 0.5) is 0 Å². The van der Waals surface area contributed by atoms with Crippen LogP contribution >= 0.6 is 11.3 Å². The van der Waals surface area contributed by atoms with Crippen molar-refractivity contribution >= 4 is 23.2 Å². The summed E-state index contributed by atoms with van der Waals surface area (Å²) in [7, 11) is 0. The number of rotatable bonds is 4. The van der Waals surface area contributed by atoms with Crippen molar-refractivity contribution in [2.75, 3.05) is 0 Å². The molecule has 1 aliphatic heterocycles. The minimum atomic E-state index is -0.412. The lowest BCUT2D eigenvalue weighted by Crippen LogP contribution is -2.42. The van der Waals surface area contributed by atoms with Gasteiger partial charge < -0.3 is 10.6 Å². The Kier molecular flexibility index (Phi) is 4.66. The lowest BCUT2D eigenvalue weighted by Gasteiger charge is -2.16. The maximum atomic E-state index is 12.3. The first-order valence-corrected chi connectivity index (χ1v) is 8.90. The Morgan fingerprint density at radius 1 is 1.33 bits per heavy atom. The van der Waals surface area contributed by atoms with Crippen molar-refractivity contribution < 1.29 is 9.59 Å². The van der Waals surface area contributed by atoms with Crippen LogP contribution in [0.15, 0.2) is 24.3 Å². The Morgan fingerprint density at radius 3 is 2.67 bits per heavy atom. The normalized spacial score (nSPS) is 18.3. The first-order chi connectivity index (χ1) is 11.4. The van der Waals surface area contributed by atoms with E-state index in [1.165, 1.54) is 5.56 Å². The average molecular weight is 343 g/mol. The molecule has 0 bridgehead atoms. The van der Waals surface area contributed by atoms with Gasteiger partial charge in [0, 0.05) is 12.0 Å². The monoisotopic (exact) mass is 343 g/mol. The van der Waals surface area contributed by atoms with Gasteiger partial charge in [-0.25, -0.2) is 4.98 Å². The van der Waals surface area contributed by atoms with Crippen molar-refractivity contribution in [2.24, 2.45) is 0 Å². The second kappa shape index (κ2) is 6.73. The number of benzene rings is 1. The van der Waals surface area contributed by atoms with Crippen LogP contribution in [0.2, 0.25) is 0 Å². The molecule has 126 valence electrons. The molecular weight excluding hydrogens is 322 g/mol. The van der Waals surface area contributed by atoms with E-state index in [0.717, 1.165) is 21.1 Å². The quantitative estimate of drug-likeness (QED) is 0.897. The Labute approximate surface area is 145 Å². The summed E-state index contributed by atoms with van der Waals surface area (Å²) in [6.07, 6.45) is 0.983. The van der Waals surface area contributed by atoms with Crippen LogP contribution in [0.5, 0.6) is 0 Å². The zero-order valence-electron chi connectivity index (χ0n) is 14.1. The molecule has 2 amide bonds. The fourth-order valence-electron chi connectivity index (χ4n) is 2.82. The molecule has 3 rings (SSSR count). The molecule has 1 aromatic heterocycles. The summed E-state index contributed by atoms with van der Waals surface area (Å²) in [4.78, 5) is 29.2. The summed E-state index contributed by atoms with van der Waals surface area (Å²) >= 11 is 1.60. The van der Waals surface area contributed by atoms with Gasteiger partial charge in [-0.15, -0.1) is 11.3 Å². The average Bonchev–Trinajstić information content (AvgIpc) is 3.14. The van der Waals surface area contributed by atoms with Crippen LogP contribution in [0.3, 0.4) is 0 Å². The lowest BCUT2D eigenvalue weighted by molar-refractivity contribution is -0.126. The molecule has 2 aromatic rings. The van der Waals surface area contributed by atoms with E-state index in [1.54, 1.807) is 11.3 Å². The van der Waals surface area contributed by atoms with Crippen LogP contribution in [0.1, 0.15) is 41.9 Å². The zero-order valence-corrected chi connectivity index (χ0v) is 14.9. The second-order valence-corrected chi connectivity index (χ2v) is 7.25. The second-order valence-electron chi connectivity index (χ2n) is 6.22. The van der Waals surface area contributed by atoms with Crippen LogP contribution in [-0.4, -0.2) is 22.8 Å². The van der Waals surface area contributed by atoms with Crippen LogP contribution in [0.25, 0.3) is 10.6 Å². The number of aryl methyl sites for hydroxylation is 2. The minimum Gasteiger partial charge on any atom is -0.347 e. The molecule has 6 heteroatoms. The van der Waals surface area contributed by atoms with Crippen molar-refractivity contribution in [3.05, 3.63) is 40.4 Å². The topological polar surface area (TPSA) is 71.1 Å². The van der Waals surface area contributed by atoms with Gasteiger partial charge in [0.25, 0.3) is 0 Å². The zero-order chi connectivity index (χ0) is 17.3. The van der Waals surface area contributed by atoms with Crippen LogP contribution in [0, 0.1) is 13.8 Å². The first-order valence-electron chi connectivity index (χ1n) is 8.08. The summed E-state index contributed by atoms with van der Waals surface area (Å²) in [5, 5.41) is 6.64. The lowest BCUT2D eigenvalue weighted by atomic mass is 10.1. The molecule has 0 radical (unpaired) electrons. The van der Waals surface area contributed by atoms with Crippen molar-refractivity contribution in [2.45, 2.75) is 45.7 Å². The van der Waals surface area contributed by atoms with E-state index in [4.69, 9.17) is 0 Å². The standard InChI is InChI=1S/C18H21N3O2S/c1-10-4-6-13(7-5-10)18-20-12(3)16(24-18)11(2)19-17(23)14-8-9-15(22)21-14/h4-7,11,14H,8-9H2,1-3H3,(H,19,23)(H,21,22)/t11-,14-/m0/s1. The minimum absolute atomic E-state index is 0.0570. The predicted octanol–water partition coefficient (Wildman–Crippen LogP) is 2.88. The van der Waals surface area contributed by atoms with E-state index in [0.29, 0.717) is 12.8 Å². The third kappa shape index (κ3) is 3.48. The number of hydrogen-bond donors (Lipinski definition) is 2. The number of aromatic nitrogens is 1. The van der Waals surface area contributed by atoms with Gasteiger partial charge in [-0.2, -0.15) is 0 Å². The number of carbonyl (C=O) groups is 2. The van der Waals surface area contributed by atoms with E-state index in [9.17, 15) is 9.59 Å². The Balaban J connectivity index is 1.73. The third-order valence-corrected chi connectivity index (χ3v) is 5.58. The highest BCUT2D eigenvalue weighted by atomic mass is 32.1. The van der Waals surface area contributed by atoms with E-state index in [-0.39, 0.29) is 17.9 Å². The summed E-state index contributed by atoms with van der Waals surface area (Å²) in [5.74, 6) is -0.184. The largest absolute Gasteiger partial charge is 0.347 e. The van der Waals surface area contributed by atoms with Gasteiger partial charge in [0.2, 0.25) is 11.8 Å². The Hall–Kier alpha value is -2.21. The maximum Gasteiger partial charge on any atom is 0.243 e. The smallest absolute Gasteiger partial charge is 0.243 e. The van der Waals surface area contributed by atoms with Crippen LogP contribution in [-0.2, 0) is 9.59 Å². The molecule has 24 heavy (non-hydrogen) atoms. The molecule has 1 fully saturated rings. The Morgan fingerprint density at radius 2 is 2.04 bits per heavy atom. The van der Waals surface area contributed by atoms with Crippen molar-refractivity contribution in [3.63, 3.8) is 0 Å². The van der Waals surface area contributed by atoms with Gasteiger partial charge in [0.15, 0.2) is 0 Å². The van der Waals surface area contributed by atoms with Crippen molar-refractivity contribution in [1.82, 2.24) is 15.6 Å². The molecule has 1 aliphatic rings. The van der Waals surface area contributed by atoms with E-state index >= 15 is 0 Å². The Bertz CT molecular complexity index is 767. The van der Waals surface area contributed by atoms with Gasteiger partial charge in [-0.1, -0.05) is 29.8 Å². The fraction of sp³-hybridized carbons (Fsp3) is 0.389. The van der Waals surface area contributed by atoms with Gasteiger partial charge >= 0.3 is 0 Å². The molecule has 2 heterocycles. The van der Waals surface area contributed by atoms with Gasteiger partial charge in [-0.05, 0) is 27.2 Å². The van der Waals surface area contributed by atoms with Gasteiger partial charge in [0.05, 0.1) is 16.6 Å². The molecule has 0 unspecified atom stereocenters. The highest BCUT2D eigenvalue weighted by molar-refractivity contribution is 7.15. The molecular formula is C18H21N3O2S. The van der Waals surface area contributed by atoms with Crippen molar-refractivity contribution in [3.8, 4) is 10.6 Å². The number of amides is 2. The molecule has 1 aromatic carbocycles. The molecule has 5 nitrogen and oxygen atoms in total. The molecule has 2 N–H and O–H groups in total. The van der Waals surface area contributed by atoms with Crippen LogP contribution < -0.4 is 10.6 Å². The summed E-state index contributed by atoms with van der Waals surface area (Å²) in [5.41, 5.74) is 3.23. The third-order valence-electron chi connectivity index (χ3n) is 4.19. The molecule has 2 atom stereocenters. The molecule has 0 spiro atoms.